The van der Waals surface area contributed by atoms with E-state index in [1.165, 1.54) is 38.5 Å². The lowest BCUT2D eigenvalue weighted by molar-refractivity contribution is -0.158. The first-order chi connectivity index (χ1) is 12.0. The van der Waals surface area contributed by atoms with Crippen molar-refractivity contribution in [3.8, 4) is 0 Å². The SMILES string of the molecule is CC1(C)[C@@H]2CC[C@]1(C(=O)N(C1CCCCC1)C1CCCCC1)C(=O)C2. The zero-order chi connectivity index (χ0) is 17.7. The molecule has 4 saturated carbocycles. The third kappa shape index (κ3) is 2.51. The molecule has 140 valence electrons. The van der Waals surface area contributed by atoms with Gasteiger partial charge in [0.15, 0.2) is 0 Å². The number of hydrogen-bond acceptors (Lipinski definition) is 2. The highest BCUT2D eigenvalue weighted by Gasteiger charge is 2.69. The van der Waals surface area contributed by atoms with Crippen LogP contribution in [0.25, 0.3) is 0 Å². The molecule has 4 fully saturated rings. The minimum atomic E-state index is -0.702. The van der Waals surface area contributed by atoms with Crippen LogP contribution in [0.2, 0.25) is 0 Å². The molecule has 2 bridgehead atoms. The standard InChI is InChI=1S/C22H35NO2/c1-21(2)16-13-14-22(21,19(24)15-16)20(25)23(17-9-5-3-6-10-17)18-11-7-4-8-12-18/h16-18H,3-15H2,1-2H3/t16-,22-/m1/s1. The van der Waals surface area contributed by atoms with E-state index in [1.54, 1.807) is 0 Å². The Balaban J connectivity index is 1.68. The summed E-state index contributed by atoms with van der Waals surface area (Å²) in [5.74, 6) is 0.917. The average Bonchev–Trinajstić information content (AvgIpc) is 2.99. The highest BCUT2D eigenvalue weighted by Crippen LogP contribution is 2.64. The van der Waals surface area contributed by atoms with Crippen LogP contribution in [0.1, 0.15) is 97.3 Å². The normalized spacial score (nSPS) is 35.9. The number of fused-ring (bicyclic) bond motifs is 2. The van der Waals surface area contributed by atoms with Crippen molar-refractivity contribution < 1.29 is 9.59 Å². The maximum absolute atomic E-state index is 14.1. The van der Waals surface area contributed by atoms with Crippen LogP contribution < -0.4 is 0 Å². The number of Topliss-reactive ketones (excluding diaryl/α,β-unsaturated/α-hetero) is 1. The first-order valence-electron chi connectivity index (χ1n) is 10.8. The van der Waals surface area contributed by atoms with E-state index >= 15 is 0 Å². The molecule has 0 unspecified atom stereocenters. The summed E-state index contributed by atoms with van der Waals surface area (Å²) in [4.78, 5) is 29.4. The molecule has 0 aromatic rings. The molecule has 25 heavy (non-hydrogen) atoms. The molecule has 0 N–H and O–H groups in total. The molecule has 3 nitrogen and oxygen atoms in total. The van der Waals surface area contributed by atoms with Crippen LogP contribution in [0.5, 0.6) is 0 Å². The Morgan fingerprint density at radius 3 is 1.80 bits per heavy atom. The Labute approximate surface area is 152 Å². The summed E-state index contributed by atoms with van der Waals surface area (Å²) >= 11 is 0. The maximum Gasteiger partial charge on any atom is 0.237 e. The molecule has 1 amide bonds. The first kappa shape index (κ1) is 17.5. The molecule has 0 aromatic heterocycles. The smallest absolute Gasteiger partial charge is 0.237 e. The van der Waals surface area contributed by atoms with Crippen LogP contribution in [-0.4, -0.2) is 28.7 Å². The lowest BCUT2D eigenvalue weighted by Gasteiger charge is -2.47. The zero-order valence-corrected chi connectivity index (χ0v) is 16.2. The molecule has 0 aromatic carbocycles. The fraction of sp³-hybridized carbons (Fsp3) is 0.909. The third-order valence-corrected chi connectivity index (χ3v) is 8.43. The number of hydrogen-bond donors (Lipinski definition) is 0. The van der Waals surface area contributed by atoms with Gasteiger partial charge in [-0.05, 0) is 49.9 Å². The van der Waals surface area contributed by atoms with Crippen LogP contribution in [0.3, 0.4) is 0 Å². The minimum Gasteiger partial charge on any atom is -0.336 e. The Morgan fingerprint density at radius 2 is 1.40 bits per heavy atom. The van der Waals surface area contributed by atoms with Crippen LogP contribution in [0.15, 0.2) is 0 Å². The van der Waals surface area contributed by atoms with Crippen molar-refractivity contribution in [1.29, 1.82) is 0 Å². The minimum absolute atomic E-state index is 0.150. The van der Waals surface area contributed by atoms with Gasteiger partial charge < -0.3 is 4.90 Å². The predicted octanol–water partition coefficient (Wildman–Crippen LogP) is 4.88. The highest BCUT2D eigenvalue weighted by atomic mass is 16.2. The molecule has 0 aliphatic heterocycles. The highest BCUT2D eigenvalue weighted by molar-refractivity contribution is 6.09. The van der Waals surface area contributed by atoms with Crippen molar-refractivity contribution in [2.24, 2.45) is 16.7 Å². The van der Waals surface area contributed by atoms with Crippen molar-refractivity contribution in [2.75, 3.05) is 0 Å². The monoisotopic (exact) mass is 345 g/mol. The number of carbonyl (C=O) groups excluding carboxylic acids is 2. The van der Waals surface area contributed by atoms with Crippen molar-refractivity contribution >= 4 is 11.7 Å². The van der Waals surface area contributed by atoms with Gasteiger partial charge in [0, 0.05) is 18.5 Å². The molecular formula is C22H35NO2. The topological polar surface area (TPSA) is 37.4 Å². The Morgan fingerprint density at radius 1 is 0.880 bits per heavy atom. The van der Waals surface area contributed by atoms with Gasteiger partial charge in [-0.15, -0.1) is 0 Å². The van der Waals surface area contributed by atoms with E-state index in [1.807, 2.05) is 0 Å². The van der Waals surface area contributed by atoms with E-state index in [4.69, 9.17) is 0 Å². The van der Waals surface area contributed by atoms with E-state index in [0.29, 0.717) is 24.4 Å². The summed E-state index contributed by atoms with van der Waals surface area (Å²) in [5, 5.41) is 0. The summed E-state index contributed by atoms with van der Waals surface area (Å²) in [6.07, 6.45) is 14.7. The van der Waals surface area contributed by atoms with E-state index in [-0.39, 0.29) is 17.1 Å². The second-order valence-corrected chi connectivity index (χ2v) is 9.79. The molecule has 4 aliphatic rings. The summed E-state index contributed by atoms with van der Waals surface area (Å²) in [6.45, 7) is 4.40. The van der Waals surface area contributed by atoms with E-state index < -0.39 is 5.41 Å². The second kappa shape index (κ2) is 6.39. The molecule has 0 radical (unpaired) electrons. The predicted molar refractivity (Wildman–Crippen MR) is 99.2 cm³/mol. The number of amides is 1. The Kier molecular flexibility index (Phi) is 4.48. The molecule has 4 rings (SSSR count). The van der Waals surface area contributed by atoms with Crippen LogP contribution in [-0.2, 0) is 9.59 Å². The molecule has 4 aliphatic carbocycles. The Hall–Kier alpha value is -0.860. The average molecular weight is 346 g/mol. The van der Waals surface area contributed by atoms with Crippen molar-refractivity contribution in [2.45, 2.75) is 109 Å². The maximum atomic E-state index is 14.1. The van der Waals surface area contributed by atoms with Gasteiger partial charge >= 0.3 is 0 Å². The first-order valence-corrected chi connectivity index (χ1v) is 10.8. The fourth-order valence-corrected chi connectivity index (χ4v) is 6.75. The van der Waals surface area contributed by atoms with Gasteiger partial charge in [0.05, 0.1) is 0 Å². The largest absolute Gasteiger partial charge is 0.336 e. The van der Waals surface area contributed by atoms with Gasteiger partial charge in [0.2, 0.25) is 5.91 Å². The number of carbonyl (C=O) groups is 2. The van der Waals surface area contributed by atoms with Gasteiger partial charge in [-0.3, -0.25) is 9.59 Å². The van der Waals surface area contributed by atoms with Crippen molar-refractivity contribution in [3.63, 3.8) is 0 Å². The van der Waals surface area contributed by atoms with Crippen LogP contribution in [0.4, 0.5) is 0 Å². The van der Waals surface area contributed by atoms with Crippen molar-refractivity contribution in [1.82, 2.24) is 4.90 Å². The van der Waals surface area contributed by atoms with Gasteiger partial charge in [-0.25, -0.2) is 0 Å². The fourth-order valence-electron chi connectivity index (χ4n) is 6.75. The van der Waals surface area contributed by atoms with Crippen LogP contribution >= 0.6 is 0 Å². The van der Waals surface area contributed by atoms with Crippen LogP contribution in [0, 0.1) is 16.7 Å². The summed E-state index contributed by atoms with van der Waals surface area (Å²) in [6, 6.07) is 0.781. The van der Waals surface area contributed by atoms with E-state index in [9.17, 15) is 9.59 Å². The van der Waals surface area contributed by atoms with E-state index in [0.717, 1.165) is 38.5 Å². The number of nitrogens with zero attached hydrogens (tertiary/aromatic N) is 1. The lowest BCUT2D eigenvalue weighted by atomic mass is 9.67. The zero-order valence-electron chi connectivity index (χ0n) is 16.2. The van der Waals surface area contributed by atoms with Gasteiger partial charge in [0.25, 0.3) is 0 Å². The summed E-state index contributed by atoms with van der Waals surface area (Å²) < 4.78 is 0. The van der Waals surface area contributed by atoms with Gasteiger partial charge in [-0.1, -0.05) is 52.4 Å². The molecule has 0 heterocycles. The van der Waals surface area contributed by atoms with Gasteiger partial charge in [0.1, 0.15) is 11.2 Å². The number of ketones is 1. The third-order valence-electron chi connectivity index (χ3n) is 8.43. The van der Waals surface area contributed by atoms with E-state index in [2.05, 4.69) is 18.7 Å². The lowest BCUT2D eigenvalue weighted by Crippen LogP contribution is -2.58. The molecular weight excluding hydrogens is 310 g/mol. The number of rotatable bonds is 3. The second-order valence-electron chi connectivity index (χ2n) is 9.79. The quantitative estimate of drug-likeness (QED) is 0.684. The molecule has 2 atom stereocenters. The molecule has 0 spiro atoms. The Bertz CT molecular complexity index is 524. The van der Waals surface area contributed by atoms with Crippen molar-refractivity contribution in [3.05, 3.63) is 0 Å². The summed E-state index contributed by atoms with van der Waals surface area (Å²) in [5.41, 5.74) is -0.852. The van der Waals surface area contributed by atoms with Gasteiger partial charge in [-0.2, -0.15) is 0 Å². The summed E-state index contributed by atoms with van der Waals surface area (Å²) in [7, 11) is 0. The molecule has 3 heteroatoms. The molecule has 0 saturated heterocycles.